The molecule has 0 aromatic heterocycles. The number of fused-ring (bicyclic) bond motifs is 5. The van der Waals surface area contributed by atoms with Crippen molar-refractivity contribution in [3.8, 4) is 0 Å². The van der Waals surface area contributed by atoms with Gasteiger partial charge >= 0.3 is 0 Å². The summed E-state index contributed by atoms with van der Waals surface area (Å²) in [6, 6.07) is 0. The van der Waals surface area contributed by atoms with Gasteiger partial charge in [-0.15, -0.1) is 0 Å². The van der Waals surface area contributed by atoms with Gasteiger partial charge in [0, 0.05) is 5.41 Å². The average molecular weight is 284 g/mol. The molecule has 0 spiro atoms. The van der Waals surface area contributed by atoms with Gasteiger partial charge in [-0.1, -0.05) is 38.3 Å². The van der Waals surface area contributed by atoms with Crippen molar-refractivity contribution in [2.24, 2.45) is 28.6 Å². The molecular weight excluding hydrogens is 256 g/mol. The molecule has 0 aromatic carbocycles. The van der Waals surface area contributed by atoms with Crippen molar-refractivity contribution in [1.82, 2.24) is 0 Å². The lowest BCUT2D eigenvalue weighted by atomic mass is 9.48. The number of hydrogen-bond acceptors (Lipinski definition) is 1. The molecule has 0 bridgehead atoms. The van der Waals surface area contributed by atoms with Crippen LogP contribution < -0.4 is 0 Å². The van der Waals surface area contributed by atoms with Gasteiger partial charge in [-0.2, -0.15) is 0 Å². The third-order valence-corrected chi connectivity index (χ3v) is 7.79. The van der Waals surface area contributed by atoms with Crippen molar-refractivity contribution in [2.45, 2.75) is 65.2 Å². The van der Waals surface area contributed by atoms with Crippen LogP contribution >= 0.6 is 0 Å². The van der Waals surface area contributed by atoms with Crippen LogP contribution in [0.15, 0.2) is 23.8 Å². The Labute approximate surface area is 128 Å². The minimum Gasteiger partial charge on any atom is -0.290 e. The highest BCUT2D eigenvalue weighted by molar-refractivity contribution is 6.01. The Balaban J connectivity index is 1.70. The lowest BCUT2D eigenvalue weighted by molar-refractivity contribution is -0.111. The van der Waals surface area contributed by atoms with Crippen LogP contribution in [0.25, 0.3) is 0 Å². The quantitative estimate of drug-likeness (QED) is 0.656. The first-order valence-corrected chi connectivity index (χ1v) is 9.03. The highest BCUT2D eigenvalue weighted by Gasteiger charge is 2.56. The summed E-state index contributed by atoms with van der Waals surface area (Å²) in [6.07, 6.45) is 17.1. The number of rotatable bonds is 1. The molecule has 4 aliphatic carbocycles. The number of carbonyl (C=O) groups is 1. The maximum Gasteiger partial charge on any atom is 0.178 e. The minimum atomic E-state index is 0.180. The van der Waals surface area contributed by atoms with Crippen LogP contribution in [0.2, 0.25) is 0 Å². The van der Waals surface area contributed by atoms with Gasteiger partial charge in [-0.3, -0.25) is 4.79 Å². The van der Waals surface area contributed by atoms with Crippen LogP contribution in [0, 0.1) is 28.6 Å². The lowest BCUT2D eigenvalue weighted by Crippen LogP contribution is -2.48. The van der Waals surface area contributed by atoms with Crippen LogP contribution in [0.4, 0.5) is 0 Å². The zero-order chi connectivity index (χ0) is 14.7. The van der Waals surface area contributed by atoms with Crippen molar-refractivity contribution in [1.29, 1.82) is 0 Å². The second kappa shape index (κ2) is 4.57. The molecule has 0 amide bonds. The summed E-state index contributed by atoms with van der Waals surface area (Å²) in [5.74, 6) is 2.86. The third kappa shape index (κ3) is 1.79. The number of allylic oxidation sites excluding steroid dienone is 4. The highest BCUT2D eigenvalue weighted by Crippen LogP contribution is 2.65. The first kappa shape index (κ1) is 13.8. The molecule has 0 aliphatic heterocycles. The van der Waals surface area contributed by atoms with Crippen molar-refractivity contribution in [3.05, 3.63) is 23.8 Å². The summed E-state index contributed by atoms with van der Waals surface area (Å²) >= 11 is 0. The first-order chi connectivity index (χ1) is 10.1. The second-order valence-electron chi connectivity index (χ2n) is 8.25. The number of ketones is 1. The number of carbonyl (C=O) groups excluding carboxylic acids is 1. The van der Waals surface area contributed by atoms with E-state index in [9.17, 15) is 4.79 Å². The Hall–Kier alpha value is -0.850. The fraction of sp³-hybridized carbons (Fsp3) is 0.750. The molecule has 4 rings (SSSR count). The average Bonchev–Trinajstić information content (AvgIpc) is 2.92. The first-order valence-electron chi connectivity index (χ1n) is 9.03. The molecule has 0 radical (unpaired) electrons. The largest absolute Gasteiger partial charge is 0.290 e. The van der Waals surface area contributed by atoms with Gasteiger partial charge in [-0.25, -0.2) is 0 Å². The molecule has 3 fully saturated rings. The van der Waals surface area contributed by atoms with Gasteiger partial charge in [0.25, 0.3) is 0 Å². The summed E-state index contributed by atoms with van der Waals surface area (Å²) in [4.78, 5) is 11.7. The van der Waals surface area contributed by atoms with Crippen molar-refractivity contribution in [2.75, 3.05) is 0 Å². The van der Waals surface area contributed by atoms with Gasteiger partial charge in [0.2, 0.25) is 0 Å². The number of hydrogen-bond donors (Lipinski definition) is 0. The molecule has 21 heavy (non-hydrogen) atoms. The Kier molecular flexibility index (Phi) is 3.00. The van der Waals surface area contributed by atoms with E-state index < -0.39 is 0 Å². The van der Waals surface area contributed by atoms with E-state index in [4.69, 9.17) is 0 Å². The lowest BCUT2D eigenvalue weighted by Gasteiger charge is -2.56. The molecule has 114 valence electrons. The van der Waals surface area contributed by atoms with E-state index in [1.165, 1.54) is 50.5 Å². The molecule has 0 unspecified atom stereocenters. The Morgan fingerprint density at radius 2 is 2.05 bits per heavy atom. The minimum absolute atomic E-state index is 0.180. The predicted octanol–water partition coefficient (Wildman–Crippen LogP) is 5.07. The van der Waals surface area contributed by atoms with Crippen LogP contribution in [-0.2, 0) is 4.79 Å². The molecule has 1 nitrogen and oxygen atoms in total. The Morgan fingerprint density at radius 1 is 1.19 bits per heavy atom. The molecule has 0 N–H and O–H groups in total. The van der Waals surface area contributed by atoms with E-state index in [1.807, 2.05) is 12.2 Å². The summed E-state index contributed by atoms with van der Waals surface area (Å²) in [6.45, 7) is 4.83. The molecule has 1 heteroatoms. The SMILES string of the molecule is CC[C@@]12CCC[C@H]1[C@@H]1CCC3=CC(=O)C=C[C@]3(C)[C@H]1CC2. The molecule has 0 aromatic rings. The van der Waals surface area contributed by atoms with E-state index in [0.717, 1.165) is 24.2 Å². The summed E-state index contributed by atoms with van der Waals surface area (Å²) in [5.41, 5.74) is 2.28. The Morgan fingerprint density at radius 3 is 2.86 bits per heavy atom. The Bertz CT molecular complexity index is 528. The van der Waals surface area contributed by atoms with Crippen LogP contribution in [-0.4, -0.2) is 5.78 Å². The predicted molar refractivity (Wildman–Crippen MR) is 85.9 cm³/mol. The van der Waals surface area contributed by atoms with Crippen molar-refractivity contribution in [3.63, 3.8) is 0 Å². The van der Waals surface area contributed by atoms with E-state index >= 15 is 0 Å². The third-order valence-electron chi connectivity index (χ3n) is 7.79. The molecule has 0 saturated heterocycles. The van der Waals surface area contributed by atoms with E-state index in [1.54, 1.807) is 0 Å². The zero-order valence-electron chi connectivity index (χ0n) is 13.5. The molecular formula is C20H28O. The normalized spacial score (nSPS) is 48.4. The molecule has 3 saturated carbocycles. The van der Waals surface area contributed by atoms with Crippen molar-refractivity contribution >= 4 is 5.78 Å². The van der Waals surface area contributed by atoms with Gasteiger partial charge in [-0.05, 0) is 73.8 Å². The van der Waals surface area contributed by atoms with Gasteiger partial charge in [0.15, 0.2) is 5.78 Å². The second-order valence-corrected chi connectivity index (χ2v) is 8.25. The van der Waals surface area contributed by atoms with Crippen LogP contribution in [0.5, 0.6) is 0 Å². The van der Waals surface area contributed by atoms with Gasteiger partial charge in [0.1, 0.15) is 0 Å². The summed E-state index contributed by atoms with van der Waals surface area (Å²) in [7, 11) is 0. The van der Waals surface area contributed by atoms with E-state index in [2.05, 4.69) is 19.9 Å². The highest BCUT2D eigenvalue weighted by atomic mass is 16.1. The van der Waals surface area contributed by atoms with Gasteiger partial charge in [0.05, 0.1) is 0 Å². The fourth-order valence-electron chi connectivity index (χ4n) is 6.61. The smallest absolute Gasteiger partial charge is 0.178 e. The van der Waals surface area contributed by atoms with Crippen LogP contribution in [0.1, 0.15) is 65.2 Å². The fourth-order valence-corrected chi connectivity index (χ4v) is 6.61. The van der Waals surface area contributed by atoms with E-state index in [-0.39, 0.29) is 11.2 Å². The maximum atomic E-state index is 11.7. The van der Waals surface area contributed by atoms with Crippen LogP contribution in [0.3, 0.4) is 0 Å². The summed E-state index contributed by atoms with van der Waals surface area (Å²) in [5, 5.41) is 0. The maximum absolute atomic E-state index is 11.7. The molecule has 5 atom stereocenters. The summed E-state index contributed by atoms with van der Waals surface area (Å²) < 4.78 is 0. The zero-order valence-corrected chi connectivity index (χ0v) is 13.5. The monoisotopic (exact) mass is 284 g/mol. The van der Waals surface area contributed by atoms with Crippen molar-refractivity contribution < 1.29 is 4.79 Å². The standard InChI is InChI=1S/C20H28O/c1-3-20-10-4-5-18(20)16-7-6-14-13-15(21)8-11-19(14,2)17(16)9-12-20/h8,11,13,16-18H,3-7,9-10,12H2,1-2H3/t16-,17+,18+,19+,20+/m1/s1. The van der Waals surface area contributed by atoms with Gasteiger partial charge < -0.3 is 0 Å². The molecule has 4 aliphatic rings. The topological polar surface area (TPSA) is 17.1 Å². The molecule has 0 heterocycles. The van der Waals surface area contributed by atoms with E-state index in [0.29, 0.717) is 5.41 Å².